The van der Waals surface area contributed by atoms with E-state index in [1.807, 2.05) is 12.1 Å². The molecule has 2 rings (SSSR count). The molecule has 0 aliphatic rings. The second kappa shape index (κ2) is 8.25. The maximum absolute atomic E-state index is 12.1. The standard InChI is InChI=1S/C19H22F3NO2/c1-13(2)11-14-3-5-15(6-4-14)18(23)12-24-16-7-9-17(10-8-16)25-19(20,21)22/h3-10,13,18H,11-12,23H2,1-2H3. The fraction of sp³-hybridized carbons (Fsp3) is 0.368. The van der Waals surface area contributed by atoms with Gasteiger partial charge in [0.2, 0.25) is 0 Å². The summed E-state index contributed by atoms with van der Waals surface area (Å²) < 4.78 is 45.7. The zero-order chi connectivity index (χ0) is 18.4. The van der Waals surface area contributed by atoms with E-state index in [9.17, 15) is 13.2 Å². The molecule has 2 N–H and O–H groups in total. The minimum absolute atomic E-state index is 0.225. The van der Waals surface area contributed by atoms with E-state index in [-0.39, 0.29) is 18.4 Å². The lowest BCUT2D eigenvalue weighted by molar-refractivity contribution is -0.274. The molecule has 0 radical (unpaired) electrons. The van der Waals surface area contributed by atoms with Crippen LogP contribution in [0.25, 0.3) is 0 Å². The largest absolute Gasteiger partial charge is 0.573 e. The highest BCUT2D eigenvalue weighted by molar-refractivity contribution is 5.31. The Kier molecular flexibility index (Phi) is 6.31. The lowest BCUT2D eigenvalue weighted by Gasteiger charge is -2.15. The van der Waals surface area contributed by atoms with Gasteiger partial charge in [0.15, 0.2) is 0 Å². The Bertz CT molecular complexity index is 652. The van der Waals surface area contributed by atoms with Crippen molar-refractivity contribution in [1.82, 2.24) is 0 Å². The lowest BCUT2D eigenvalue weighted by atomic mass is 10.00. The summed E-state index contributed by atoms with van der Waals surface area (Å²) in [6.45, 7) is 4.56. The minimum atomic E-state index is -4.70. The topological polar surface area (TPSA) is 44.5 Å². The normalized spacial score (nSPS) is 12.9. The van der Waals surface area contributed by atoms with Crippen molar-refractivity contribution in [3.8, 4) is 11.5 Å². The zero-order valence-corrected chi connectivity index (χ0v) is 14.2. The van der Waals surface area contributed by atoms with Gasteiger partial charge in [-0.2, -0.15) is 0 Å². The Morgan fingerprint density at radius 1 is 0.920 bits per heavy atom. The van der Waals surface area contributed by atoms with E-state index in [1.165, 1.54) is 29.8 Å². The Balaban J connectivity index is 1.88. The molecule has 0 heterocycles. The molecular formula is C19H22F3NO2. The number of alkyl halides is 3. The van der Waals surface area contributed by atoms with Crippen molar-refractivity contribution in [1.29, 1.82) is 0 Å². The summed E-state index contributed by atoms with van der Waals surface area (Å²) >= 11 is 0. The molecule has 0 aliphatic heterocycles. The smallest absolute Gasteiger partial charge is 0.492 e. The van der Waals surface area contributed by atoms with Gasteiger partial charge in [-0.1, -0.05) is 38.1 Å². The third kappa shape index (κ3) is 6.66. The summed E-state index contributed by atoms with van der Waals surface area (Å²) in [6.07, 6.45) is -3.69. The minimum Gasteiger partial charge on any atom is -0.492 e. The highest BCUT2D eigenvalue weighted by atomic mass is 19.4. The highest BCUT2D eigenvalue weighted by Crippen LogP contribution is 2.25. The SMILES string of the molecule is CC(C)Cc1ccc(C(N)COc2ccc(OC(F)(F)F)cc2)cc1. The van der Waals surface area contributed by atoms with Crippen LogP contribution in [0.5, 0.6) is 11.5 Å². The summed E-state index contributed by atoms with van der Waals surface area (Å²) in [5.41, 5.74) is 8.31. The van der Waals surface area contributed by atoms with Crippen molar-refractivity contribution in [3.05, 3.63) is 59.7 Å². The molecule has 0 aromatic heterocycles. The molecule has 6 heteroatoms. The van der Waals surface area contributed by atoms with Gasteiger partial charge in [-0.05, 0) is 47.7 Å². The van der Waals surface area contributed by atoms with Gasteiger partial charge in [0.25, 0.3) is 0 Å². The Labute approximate surface area is 145 Å². The maximum atomic E-state index is 12.1. The van der Waals surface area contributed by atoms with Crippen molar-refractivity contribution in [2.24, 2.45) is 11.7 Å². The van der Waals surface area contributed by atoms with E-state index < -0.39 is 6.36 Å². The molecule has 2 aromatic rings. The number of benzene rings is 2. The molecule has 3 nitrogen and oxygen atoms in total. The maximum Gasteiger partial charge on any atom is 0.573 e. The van der Waals surface area contributed by atoms with E-state index in [4.69, 9.17) is 10.5 Å². The molecule has 136 valence electrons. The molecule has 0 fully saturated rings. The number of ether oxygens (including phenoxy) is 2. The number of rotatable bonds is 7. The molecule has 0 saturated heterocycles. The van der Waals surface area contributed by atoms with Crippen molar-refractivity contribution >= 4 is 0 Å². The molecule has 1 atom stereocenters. The van der Waals surface area contributed by atoms with Gasteiger partial charge in [0, 0.05) is 0 Å². The second-order valence-corrected chi connectivity index (χ2v) is 6.28. The van der Waals surface area contributed by atoms with Crippen LogP contribution in [-0.4, -0.2) is 13.0 Å². The highest BCUT2D eigenvalue weighted by Gasteiger charge is 2.30. The summed E-state index contributed by atoms with van der Waals surface area (Å²) in [6, 6.07) is 13.0. The first-order valence-corrected chi connectivity index (χ1v) is 8.06. The molecule has 0 bridgehead atoms. The van der Waals surface area contributed by atoms with Crippen LogP contribution >= 0.6 is 0 Å². The van der Waals surface area contributed by atoms with E-state index in [2.05, 4.69) is 30.7 Å². The first-order chi connectivity index (χ1) is 11.7. The second-order valence-electron chi connectivity index (χ2n) is 6.28. The molecule has 0 saturated carbocycles. The van der Waals surface area contributed by atoms with Crippen LogP contribution in [0.15, 0.2) is 48.5 Å². The predicted octanol–water partition coefficient (Wildman–Crippen LogP) is 4.86. The molecule has 1 unspecified atom stereocenters. The van der Waals surface area contributed by atoms with Crippen LogP contribution in [0, 0.1) is 5.92 Å². The van der Waals surface area contributed by atoms with Crippen LogP contribution in [0.1, 0.15) is 31.0 Å². The van der Waals surface area contributed by atoms with Crippen LogP contribution in [0.3, 0.4) is 0 Å². The summed E-state index contributed by atoms with van der Waals surface area (Å²) in [5.74, 6) is 0.735. The lowest BCUT2D eigenvalue weighted by Crippen LogP contribution is -2.19. The average molecular weight is 353 g/mol. The van der Waals surface area contributed by atoms with Crippen molar-refractivity contribution < 1.29 is 22.6 Å². The predicted molar refractivity (Wildman–Crippen MR) is 90.5 cm³/mol. The summed E-state index contributed by atoms with van der Waals surface area (Å²) in [5, 5.41) is 0. The van der Waals surface area contributed by atoms with Gasteiger partial charge in [-0.15, -0.1) is 13.2 Å². The van der Waals surface area contributed by atoms with E-state index >= 15 is 0 Å². The van der Waals surface area contributed by atoms with Gasteiger partial charge in [-0.25, -0.2) is 0 Å². The van der Waals surface area contributed by atoms with E-state index in [0.717, 1.165) is 12.0 Å². The molecule has 2 aromatic carbocycles. The third-order valence-electron chi connectivity index (χ3n) is 3.54. The molecule has 0 aliphatic carbocycles. The van der Waals surface area contributed by atoms with Gasteiger partial charge in [-0.3, -0.25) is 0 Å². The van der Waals surface area contributed by atoms with Crippen LogP contribution < -0.4 is 15.2 Å². The number of hydrogen-bond acceptors (Lipinski definition) is 3. The average Bonchev–Trinajstić information content (AvgIpc) is 2.52. The van der Waals surface area contributed by atoms with Crippen LogP contribution in [-0.2, 0) is 6.42 Å². The van der Waals surface area contributed by atoms with Crippen molar-refractivity contribution in [2.45, 2.75) is 32.7 Å². The summed E-state index contributed by atoms with van der Waals surface area (Å²) in [7, 11) is 0. The van der Waals surface area contributed by atoms with Gasteiger partial charge >= 0.3 is 6.36 Å². The first-order valence-electron chi connectivity index (χ1n) is 8.06. The number of hydrogen-bond donors (Lipinski definition) is 1. The first kappa shape index (κ1) is 19.1. The summed E-state index contributed by atoms with van der Waals surface area (Å²) in [4.78, 5) is 0. The zero-order valence-electron chi connectivity index (χ0n) is 14.2. The number of nitrogens with two attached hydrogens (primary N) is 1. The van der Waals surface area contributed by atoms with Crippen LogP contribution in [0.4, 0.5) is 13.2 Å². The van der Waals surface area contributed by atoms with Gasteiger partial charge in [0.05, 0.1) is 6.04 Å². The Morgan fingerprint density at radius 3 is 2.00 bits per heavy atom. The molecule has 0 spiro atoms. The fourth-order valence-electron chi connectivity index (χ4n) is 2.39. The van der Waals surface area contributed by atoms with Gasteiger partial charge in [0.1, 0.15) is 18.1 Å². The van der Waals surface area contributed by atoms with E-state index in [0.29, 0.717) is 11.7 Å². The van der Waals surface area contributed by atoms with Crippen molar-refractivity contribution in [2.75, 3.05) is 6.61 Å². The Morgan fingerprint density at radius 2 is 1.48 bits per heavy atom. The van der Waals surface area contributed by atoms with E-state index in [1.54, 1.807) is 0 Å². The molecule has 25 heavy (non-hydrogen) atoms. The fourth-order valence-corrected chi connectivity index (χ4v) is 2.39. The quantitative estimate of drug-likeness (QED) is 0.773. The van der Waals surface area contributed by atoms with Crippen molar-refractivity contribution in [3.63, 3.8) is 0 Å². The number of halogens is 3. The Hall–Kier alpha value is -2.21. The third-order valence-corrected chi connectivity index (χ3v) is 3.54. The molecular weight excluding hydrogens is 331 g/mol. The molecule has 0 amide bonds. The monoisotopic (exact) mass is 353 g/mol. The van der Waals surface area contributed by atoms with Gasteiger partial charge < -0.3 is 15.2 Å². The van der Waals surface area contributed by atoms with Crippen LogP contribution in [0.2, 0.25) is 0 Å².